The van der Waals surface area contributed by atoms with Crippen molar-refractivity contribution in [2.24, 2.45) is 0 Å². The fraction of sp³-hybridized carbons (Fsp3) is 0.391. The first kappa shape index (κ1) is 21.1. The molecule has 1 aliphatic carbocycles. The minimum atomic E-state index is -3.09. The van der Waals surface area contributed by atoms with Crippen molar-refractivity contribution in [1.82, 2.24) is 9.88 Å². The van der Waals surface area contributed by atoms with Gasteiger partial charge in [-0.2, -0.15) is 8.78 Å². The van der Waals surface area contributed by atoms with E-state index in [1.165, 1.54) is 17.1 Å². The summed E-state index contributed by atoms with van der Waals surface area (Å²) in [5, 5.41) is 12.9. The fourth-order valence-electron chi connectivity index (χ4n) is 4.47. The highest BCUT2D eigenvalue weighted by molar-refractivity contribution is 7.15. The Morgan fingerprint density at radius 3 is 2.72 bits per heavy atom. The summed E-state index contributed by atoms with van der Waals surface area (Å²) >= 11 is 1.54. The van der Waals surface area contributed by atoms with Crippen molar-refractivity contribution >= 4 is 28.2 Å². The van der Waals surface area contributed by atoms with Crippen LogP contribution < -0.4 is 15.5 Å². The van der Waals surface area contributed by atoms with Gasteiger partial charge in [-0.3, -0.25) is 4.79 Å². The molecule has 0 radical (unpaired) electrons. The van der Waals surface area contributed by atoms with Crippen LogP contribution in [0.4, 0.5) is 8.78 Å². The highest BCUT2D eigenvalue weighted by Crippen LogP contribution is 2.47. The number of carboxylic acids is 1. The second-order valence-corrected chi connectivity index (χ2v) is 10.0. The number of aromatic nitrogens is 1. The van der Waals surface area contributed by atoms with Crippen LogP contribution in [0.1, 0.15) is 53.5 Å². The summed E-state index contributed by atoms with van der Waals surface area (Å²) < 4.78 is 33.7. The molecule has 1 aliphatic heterocycles. The van der Waals surface area contributed by atoms with Crippen molar-refractivity contribution in [2.45, 2.75) is 51.3 Å². The van der Waals surface area contributed by atoms with Crippen molar-refractivity contribution in [2.75, 3.05) is 6.54 Å². The molecule has 1 aromatic carbocycles. The minimum Gasteiger partial charge on any atom is -0.477 e. The van der Waals surface area contributed by atoms with E-state index in [-0.39, 0.29) is 33.7 Å². The Labute approximate surface area is 186 Å². The number of hydrogen-bond donors (Lipinski definition) is 2. The van der Waals surface area contributed by atoms with E-state index in [0.29, 0.717) is 12.1 Å². The Kier molecular flexibility index (Phi) is 4.86. The summed E-state index contributed by atoms with van der Waals surface area (Å²) in [7, 11) is 0. The first-order valence-electron chi connectivity index (χ1n) is 10.4. The summed E-state index contributed by atoms with van der Waals surface area (Å²) in [5.41, 5.74) is 0.647. The molecule has 5 rings (SSSR count). The molecule has 0 bridgehead atoms. The topological polar surface area (TPSA) is 80.6 Å². The van der Waals surface area contributed by atoms with Gasteiger partial charge < -0.3 is 19.7 Å². The van der Waals surface area contributed by atoms with Gasteiger partial charge in [0.1, 0.15) is 5.56 Å². The highest BCUT2D eigenvalue weighted by Gasteiger charge is 2.33. The molecule has 3 aromatic rings. The number of aromatic carboxylic acids is 1. The number of ether oxygens (including phenoxy) is 1. The molecular weight excluding hydrogens is 438 g/mol. The van der Waals surface area contributed by atoms with Crippen molar-refractivity contribution in [3.63, 3.8) is 0 Å². The van der Waals surface area contributed by atoms with Gasteiger partial charge in [0.05, 0.1) is 10.9 Å². The van der Waals surface area contributed by atoms with Gasteiger partial charge in [-0.1, -0.05) is 13.8 Å². The third kappa shape index (κ3) is 3.40. The van der Waals surface area contributed by atoms with Crippen molar-refractivity contribution in [1.29, 1.82) is 0 Å². The van der Waals surface area contributed by atoms with Crippen LogP contribution in [0.25, 0.3) is 21.3 Å². The maximum atomic E-state index is 13.5. The number of pyridine rings is 1. The Hall–Kier alpha value is -2.78. The molecule has 0 spiro atoms. The number of fused-ring (bicyclic) bond motifs is 2. The Morgan fingerprint density at radius 1 is 1.34 bits per heavy atom. The zero-order valence-corrected chi connectivity index (χ0v) is 18.4. The molecule has 32 heavy (non-hydrogen) atoms. The van der Waals surface area contributed by atoms with Crippen molar-refractivity contribution < 1.29 is 23.4 Å². The van der Waals surface area contributed by atoms with Crippen LogP contribution in [0, 0.1) is 0 Å². The molecule has 168 valence electrons. The van der Waals surface area contributed by atoms with Crippen LogP contribution in [0.5, 0.6) is 5.75 Å². The smallest absolute Gasteiger partial charge is 0.387 e. The van der Waals surface area contributed by atoms with Gasteiger partial charge in [0.25, 0.3) is 0 Å². The van der Waals surface area contributed by atoms with Crippen molar-refractivity contribution in [3.8, 4) is 16.2 Å². The predicted octanol–water partition coefficient (Wildman–Crippen LogP) is 4.75. The molecule has 2 aromatic heterocycles. The number of hydrogen-bond acceptors (Lipinski definition) is 5. The van der Waals surface area contributed by atoms with Gasteiger partial charge in [0.15, 0.2) is 5.75 Å². The number of nitrogens with zero attached hydrogens (tertiary/aromatic N) is 1. The summed E-state index contributed by atoms with van der Waals surface area (Å²) in [6, 6.07) is 5.05. The van der Waals surface area contributed by atoms with Crippen LogP contribution in [0.3, 0.4) is 0 Å². The van der Waals surface area contributed by atoms with E-state index >= 15 is 0 Å². The zero-order valence-electron chi connectivity index (χ0n) is 17.6. The Balaban J connectivity index is 1.81. The number of rotatable bonds is 5. The quantitative estimate of drug-likeness (QED) is 0.575. The summed E-state index contributed by atoms with van der Waals surface area (Å²) in [4.78, 5) is 26.4. The summed E-state index contributed by atoms with van der Waals surface area (Å²) in [5.74, 6) is -1.42. The molecule has 0 amide bonds. The second kappa shape index (κ2) is 7.38. The molecular formula is C23H22F2N2O4S. The van der Waals surface area contributed by atoms with Gasteiger partial charge >= 0.3 is 12.6 Å². The molecule has 0 unspecified atom stereocenters. The number of halogens is 2. The second-order valence-electron chi connectivity index (χ2n) is 8.98. The number of alkyl halides is 2. The van der Waals surface area contributed by atoms with E-state index in [1.54, 1.807) is 22.0 Å². The van der Waals surface area contributed by atoms with Gasteiger partial charge in [0, 0.05) is 46.1 Å². The normalized spacial score (nSPS) is 17.5. The number of thiophene rings is 1. The zero-order chi connectivity index (χ0) is 22.8. The van der Waals surface area contributed by atoms with Crippen LogP contribution in [0.15, 0.2) is 29.2 Å². The van der Waals surface area contributed by atoms with Gasteiger partial charge in [-0.25, -0.2) is 4.79 Å². The number of nitrogens with one attached hydrogen (secondary N) is 1. The van der Waals surface area contributed by atoms with Crippen LogP contribution >= 0.6 is 11.3 Å². The van der Waals surface area contributed by atoms with E-state index in [4.69, 9.17) is 4.74 Å². The molecule has 0 saturated heterocycles. The van der Waals surface area contributed by atoms with Crippen LogP contribution in [-0.2, 0) is 12.0 Å². The third-order valence-corrected chi connectivity index (χ3v) is 7.67. The highest BCUT2D eigenvalue weighted by atomic mass is 32.1. The SMILES string of the molecule is CC1(C)CNCc2cc(-c3ccc4c(=O)c(C(=O)O)cn(C5CC5)c4c3OC(F)F)sc21. The van der Waals surface area contributed by atoms with Crippen molar-refractivity contribution in [3.05, 3.63) is 50.6 Å². The molecule has 6 nitrogen and oxygen atoms in total. The first-order valence-corrected chi connectivity index (χ1v) is 11.2. The minimum absolute atomic E-state index is 0.0499. The van der Waals surface area contributed by atoms with Gasteiger partial charge in [0.2, 0.25) is 5.43 Å². The number of benzene rings is 1. The maximum absolute atomic E-state index is 13.5. The van der Waals surface area contributed by atoms with E-state index < -0.39 is 18.0 Å². The van der Waals surface area contributed by atoms with Crippen LogP contribution in [0.2, 0.25) is 0 Å². The van der Waals surface area contributed by atoms with E-state index in [0.717, 1.165) is 29.8 Å². The molecule has 1 saturated carbocycles. The largest absolute Gasteiger partial charge is 0.477 e. The average molecular weight is 461 g/mol. The predicted molar refractivity (Wildman–Crippen MR) is 118 cm³/mol. The lowest BCUT2D eigenvalue weighted by atomic mass is 9.86. The Morgan fingerprint density at radius 2 is 2.09 bits per heavy atom. The molecule has 2 N–H and O–H groups in total. The van der Waals surface area contributed by atoms with E-state index in [9.17, 15) is 23.5 Å². The van der Waals surface area contributed by atoms with E-state index in [2.05, 4.69) is 19.2 Å². The molecule has 3 heterocycles. The van der Waals surface area contributed by atoms with Gasteiger partial charge in [-0.15, -0.1) is 11.3 Å². The molecule has 2 aliphatic rings. The summed E-state index contributed by atoms with van der Waals surface area (Å²) in [6.45, 7) is 2.69. The average Bonchev–Trinajstić information content (AvgIpc) is 3.46. The van der Waals surface area contributed by atoms with E-state index in [1.807, 2.05) is 6.07 Å². The standard InChI is InChI=1S/C23H22F2N2O4S/c1-23(2)10-26-8-11-7-16(32-20(11)23)13-5-6-14-17(19(13)31-22(24)25)27(12-3-4-12)9-15(18(14)28)21(29)30/h5-7,9,12,22,26H,3-4,8,10H2,1-2H3,(H,29,30). The molecule has 9 heteroatoms. The fourth-order valence-corrected chi connectivity index (χ4v) is 5.77. The Bertz CT molecular complexity index is 1310. The number of carboxylic acid groups (broad SMARTS) is 1. The van der Waals surface area contributed by atoms with Crippen LogP contribution in [-0.4, -0.2) is 28.8 Å². The first-order chi connectivity index (χ1) is 15.2. The molecule has 0 atom stereocenters. The third-order valence-electron chi connectivity index (χ3n) is 6.10. The lowest BCUT2D eigenvalue weighted by Crippen LogP contribution is -2.37. The lowest BCUT2D eigenvalue weighted by molar-refractivity contribution is -0.0486. The molecule has 1 fully saturated rings. The van der Waals surface area contributed by atoms with Gasteiger partial charge in [-0.05, 0) is 36.6 Å². The monoisotopic (exact) mass is 460 g/mol. The summed E-state index contributed by atoms with van der Waals surface area (Å²) in [6.07, 6.45) is 2.82. The number of carbonyl (C=O) groups is 1. The maximum Gasteiger partial charge on any atom is 0.387 e. The lowest BCUT2D eigenvalue weighted by Gasteiger charge is -2.30.